The Morgan fingerprint density at radius 1 is 1.18 bits per heavy atom. The smallest absolute Gasteiger partial charge is 0.416 e. The molecule has 28 heavy (non-hydrogen) atoms. The van der Waals surface area contributed by atoms with E-state index in [0.717, 1.165) is 12.1 Å². The van der Waals surface area contributed by atoms with Gasteiger partial charge in [0.15, 0.2) is 5.69 Å². The second kappa shape index (κ2) is 8.59. The summed E-state index contributed by atoms with van der Waals surface area (Å²) in [5.41, 5.74) is -1.07. The Labute approximate surface area is 158 Å². The van der Waals surface area contributed by atoms with Crippen molar-refractivity contribution in [2.75, 3.05) is 5.32 Å². The molecule has 10 heteroatoms. The van der Waals surface area contributed by atoms with Crippen molar-refractivity contribution in [3.63, 3.8) is 0 Å². The summed E-state index contributed by atoms with van der Waals surface area (Å²) in [6.07, 6.45) is -3.79. The van der Waals surface area contributed by atoms with Crippen LogP contribution >= 0.6 is 0 Å². The minimum Gasteiger partial charge on any atom is -0.488 e. The number of aromatic nitrogens is 1. The van der Waals surface area contributed by atoms with E-state index in [2.05, 4.69) is 15.6 Å². The fourth-order valence-electron chi connectivity index (χ4n) is 2.18. The normalized spacial score (nSPS) is 13.3. The van der Waals surface area contributed by atoms with Gasteiger partial charge in [-0.05, 0) is 38.1 Å². The molecule has 0 saturated heterocycles. The Hall–Kier alpha value is -3.30. The van der Waals surface area contributed by atoms with Gasteiger partial charge in [0.05, 0.1) is 11.6 Å². The molecule has 1 heterocycles. The Morgan fingerprint density at radius 2 is 1.89 bits per heavy atom. The second-order valence-electron chi connectivity index (χ2n) is 5.97. The molecular weight excluding hydrogens is 379 g/mol. The van der Waals surface area contributed by atoms with Gasteiger partial charge in [0.25, 0.3) is 0 Å². The van der Waals surface area contributed by atoms with E-state index in [4.69, 9.17) is 9.84 Å². The average Bonchev–Trinajstić information content (AvgIpc) is 2.61. The van der Waals surface area contributed by atoms with Crippen molar-refractivity contribution >= 4 is 17.7 Å². The molecule has 2 atom stereocenters. The number of ether oxygens (including phenoxy) is 1. The van der Waals surface area contributed by atoms with Gasteiger partial charge in [-0.3, -0.25) is 0 Å². The first-order valence-corrected chi connectivity index (χ1v) is 8.17. The first-order valence-electron chi connectivity index (χ1n) is 8.17. The second-order valence-corrected chi connectivity index (χ2v) is 5.97. The molecule has 0 aliphatic rings. The van der Waals surface area contributed by atoms with Crippen molar-refractivity contribution < 1.29 is 32.6 Å². The maximum Gasteiger partial charge on any atom is 0.416 e. The molecule has 2 aromatic rings. The number of nitrogens with zero attached hydrogens (tertiary/aromatic N) is 1. The number of carboxylic acids is 1. The van der Waals surface area contributed by atoms with Gasteiger partial charge in [-0.15, -0.1) is 0 Å². The van der Waals surface area contributed by atoms with Gasteiger partial charge in [0, 0.05) is 18.0 Å². The topological polar surface area (TPSA) is 101 Å². The first-order chi connectivity index (χ1) is 13.1. The number of aromatic carboxylic acids is 1. The standard InChI is InChI=1S/C18H18F3N3O4/c1-10(11(2)28-14-6-7-22-15(9-14)16(25)26)23-17(27)24-13-5-3-4-12(8-13)18(19,20)21/h3-11H,1-2H3,(H,25,26)(H2,23,24,27)/t10?,11-/m0/s1. The van der Waals surface area contributed by atoms with Gasteiger partial charge >= 0.3 is 18.2 Å². The largest absolute Gasteiger partial charge is 0.488 e. The number of pyridine rings is 1. The van der Waals surface area contributed by atoms with Crippen molar-refractivity contribution in [2.45, 2.75) is 32.2 Å². The van der Waals surface area contributed by atoms with Crippen LogP contribution in [0.4, 0.5) is 23.7 Å². The first kappa shape index (κ1) is 21.0. The average molecular weight is 397 g/mol. The molecule has 0 radical (unpaired) electrons. The minimum absolute atomic E-state index is 0.00618. The monoisotopic (exact) mass is 397 g/mol. The molecule has 2 amide bonds. The van der Waals surface area contributed by atoms with E-state index < -0.39 is 35.9 Å². The highest BCUT2D eigenvalue weighted by atomic mass is 19.4. The van der Waals surface area contributed by atoms with E-state index in [1.165, 1.54) is 30.5 Å². The summed E-state index contributed by atoms with van der Waals surface area (Å²) in [6.45, 7) is 3.28. The summed E-state index contributed by atoms with van der Waals surface area (Å²) in [7, 11) is 0. The van der Waals surface area contributed by atoms with Crippen molar-refractivity contribution in [3.8, 4) is 5.75 Å². The van der Waals surface area contributed by atoms with Crippen LogP contribution in [0, 0.1) is 0 Å². The molecular formula is C18H18F3N3O4. The molecule has 0 aliphatic heterocycles. The lowest BCUT2D eigenvalue weighted by Crippen LogP contribution is -2.44. The van der Waals surface area contributed by atoms with Gasteiger partial charge < -0.3 is 20.5 Å². The van der Waals surface area contributed by atoms with E-state index in [1.54, 1.807) is 13.8 Å². The highest BCUT2D eigenvalue weighted by molar-refractivity contribution is 5.89. The maximum atomic E-state index is 12.7. The number of carbonyl (C=O) groups is 2. The third-order valence-electron chi connectivity index (χ3n) is 3.78. The number of hydrogen-bond acceptors (Lipinski definition) is 4. The number of benzene rings is 1. The van der Waals surface area contributed by atoms with Crippen molar-refractivity contribution in [1.82, 2.24) is 10.3 Å². The predicted octanol–water partition coefficient (Wildman–Crippen LogP) is 3.78. The van der Waals surface area contributed by atoms with Crippen LogP contribution in [0.3, 0.4) is 0 Å². The zero-order valence-corrected chi connectivity index (χ0v) is 14.9. The number of hydrogen-bond donors (Lipinski definition) is 3. The lowest BCUT2D eigenvalue weighted by Gasteiger charge is -2.23. The number of amides is 2. The summed E-state index contributed by atoms with van der Waals surface area (Å²) in [5, 5.41) is 13.8. The zero-order valence-electron chi connectivity index (χ0n) is 14.9. The van der Waals surface area contributed by atoms with Crippen LogP contribution in [-0.2, 0) is 6.18 Å². The Balaban J connectivity index is 1.95. The molecule has 3 N–H and O–H groups in total. The molecule has 0 spiro atoms. The highest BCUT2D eigenvalue weighted by Gasteiger charge is 2.30. The van der Waals surface area contributed by atoms with Crippen LogP contribution in [-0.4, -0.2) is 34.2 Å². The van der Waals surface area contributed by atoms with Crippen LogP contribution in [0.25, 0.3) is 0 Å². The molecule has 1 aromatic carbocycles. The van der Waals surface area contributed by atoms with Crippen LogP contribution < -0.4 is 15.4 Å². The molecule has 0 aliphatic carbocycles. The number of anilines is 1. The SMILES string of the molecule is CC(NC(=O)Nc1cccc(C(F)(F)F)c1)[C@H](C)Oc1ccnc(C(=O)O)c1. The summed E-state index contributed by atoms with van der Waals surface area (Å²) >= 11 is 0. The van der Waals surface area contributed by atoms with Gasteiger partial charge in [-0.2, -0.15) is 13.2 Å². The maximum absolute atomic E-state index is 12.7. The Morgan fingerprint density at radius 3 is 2.54 bits per heavy atom. The number of carboxylic acid groups (broad SMARTS) is 1. The summed E-state index contributed by atoms with van der Waals surface area (Å²) in [5.74, 6) is -0.948. The quantitative estimate of drug-likeness (QED) is 0.689. The lowest BCUT2D eigenvalue weighted by molar-refractivity contribution is -0.137. The summed E-state index contributed by atoms with van der Waals surface area (Å²) in [6, 6.07) is 5.74. The molecule has 2 rings (SSSR count). The van der Waals surface area contributed by atoms with Crippen LogP contribution in [0.1, 0.15) is 29.9 Å². The van der Waals surface area contributed by atoms with Crippen molar-refractivity contribution in [2.24, 2.45) is 0 Å². The molecule has 150 valence electrons. The Kier molecular flexibility index (Phi) is 6.45. The van der Waals surface area contributed by atoms with Crippen molar-refractivity contribution in [3.05, 3.63) is 53.9 Å². The number of alkyl halides is 3. The van der Waals surface area contributed by atoms with Gasteiger partial charge in [-0.1, -0.05) is 6.07 Å². The number of nitrogens with one attached hydrogen (secondary N) is 2. The highest BCUT2D eigenvalue weighted by Crippen LogP contribution is 2.30. The Bertz CT molecular complexity index is 858. The molecule has 0 bridgehead atoms. The van der Waals surface area contributed by atoms with Crippen LogP contribution in [0.15, 0.2) is 42.6 Å². The van der Waals surface area contributed by atoms with Crippen LogP contribution in [0.2, 0.25) is 0 Å². The fourth-order valence-corrected chi connectivity index (χ4v) is 2.18. The summed E-state index contributed by atoms with van der Waals surface area (Å²) < 4.78 is 43.7. The molecule has 1 aromatic heterocycles. The summed E-state index contributed by atoms with van der Waals surface area (Å²) in [4.78, 5) is 26.6. The predicted molar refractivity (Wildman–Crippen MR) is 94.3 cm³/mol. The van der Waals surface area contributed by atoms with E-state index in [9.17, 15) is 22.8 Å². The zero-order chi connectivity index (χ0) is 20.9. The van der Waals surface area contributed by atoms with Crippen LogP contribution in [0.5, 0.6) is 5.75 Å². The third kappa shape index (κ3) is 5.86. The van der Waals surface area contributed by atoms with Gasteiger partial charge in [-0.25, -0.2) is 14.6 Å². The number of carbonyl (C=O) groups excluding carboxylic acids is 1. The van der Waals surface area contributed by atoms with Crippen molar-refractivity contribution in [1.29, 1.82) is 0 Å². The minimum atomic E-state index is -4.51. The molecule has 1 unspecified atom stereocenters. The number of urea groups is 1. The molecule has 0 fully saturated rings. The molecule has 0 saturated carbocycles. The molecule has 7 nitrogen and oxygen atoms in total. The fraction of sp³-hybridized carbons (Fsp3) is 0.278. The van der Waals surface area contributed by atoms with E-state index >= 15 is 0 Å². The lowest BCUT2D eigenvalue weighted by atomic mass is 10.2. The number of rotatable bonds is 6. The van der Waals surface area contributed by atoms with E-state index in [0.29, 0.717) is 0 Å². The number of halogens is 3. The van der Waals surface area contributed by atoms with Gasteiger partial charge in [0.2, 0.25) is 0 Å². The van der Waals surface area contributed by atoms with E-state index in [1.807, 2.05) is 0 Å². The van der Waals surface area contributed by atoms with Gasteiger partial charge in [0.1, 0.15) is 11.9 Å². The third-order valence-corrected chi connectivity index (χ3v) is 3.78. The van der Waals surface area contributed by atoms with E-state index in [-0.39, 0.29) is 17.1 Å².